The van der Waals surface area contributed by atoms with Crippen molar-refractivity contribution >= 4 is 0 Å². The molecule has 4 atom stereocenters. The topological polar surface area (TPSA) is 47.6 Å². The predicted octanol–water partition coefficient (Wildman–Crippen LogP) is 4.85. The van der Waals surface area contributed by atoms with Gasteiger partial charge < -0.3 is 0 Å². The number of fused-ring (bicyclic) bond motifs is 4. The van der Waals surface area contributed by atoms with Crippen molar-refractivity contribution in [1.29, 1.82) is 10.5 Å². The van der Waals surface area contributed by atoms with Gasteiger partial charge in [-0.15, -0.1) is 0 Å². The maximum absolute atomic E-state index is 9.16. The van der Waals surface area contributed by atoms with Gasteiger partial charge in [0.15, 0.2) is 0 Å². The number of nitrogens with zero attached hydrogens (tertiary/aromatic N) is 2. The van der Waals surface area contributed by atoms with Crippen molar-refractivity contribution in [3.05, 3.63) is 82.9 Å². The van der Waals surface area contributed by atoms with E-state index in [-0.39, 0.29) is 16.2 Å². The van der Waals surface area contributed by atoms with Gasteiger partial charge in [-0.25, -0.2) is 0 Å². The number of benzene rings is 2. The van der Waals surface area contributed by atoms with E-state index >= 15 is 0 Å². The van der Waals surface area contributed by atoms with E-state index in [0.29, 0.717) is 23.0 Å². The molecule has 0 bridgehead atoms. The zero-order chi connectivity index (χ0) is 18.2. The number of nitriles is 2. The molecule has 0 heterocycles. The molecule has 0 radical (unpaired) electrons. The minimum absolute atomic E-state index is 0.0831. The molecule has 0 amide bonds. The second kappa shape index (κ2) is 4.66. The van der Waals surface area contributed by atoms with Crippen LogP contribution in [-0.4, -0.2) is 0 Å². The first-order chi connectivity index (χ1) is 12.6. The second-order valence-corrected chi connectivity index (χ2v) is 8.42. The first-order valence-corrected chi connectivity index (χ1v) is 9.23. The van der Waals surface area contributed by atoms with Gasteiger partial charge in [0.2, 0.25) is 0 Å². The van der Waals surface area contributed by atoms with Gasteiger partial charge in [-0.2, -0.15) is 10.5 Å². The number of allylic oxidation sites excluding steroid dienone is 2. The summed E-state index contributed by atoms with van der Waals surface area (Å²) in [6, 6.07) is 20.9. The molecule has 2 saturated carbocycles. The van der Waals surface area contributed by atoms with E-state index in [9.17, 15) is 0 Å². The van der Waals surface area contributed by atoms with Crippen LogP contribution in [0.25, 0.3) is 0 Å². The highest BCUT2D eigenvalue weighted by Crippen LogP contribution is 2.94. The summed E-state index contributed by atoms with van der Waals surface area (Å²) in [5.41, 5.74) is 4.46. The summed E-state index contributed by atoms with van der Waals surface area (Å²) in [5, 5.41) is 18.3. The molecule has 26 heavy (non-hydrogen) atoms. The highest BCUT2D eigenvalue weighted by atomic mass is 15.0. The average molecular weight is 336 g/mol. The first kappa shape index (κ1) is 15.4. The van der Waals surface area contributed by atoms with E-state index in [1.54, 1.807) is 0 Å². The Kier molecular flexibility index (Phi) is 2.76. The largest absolute Gasteiger partial charge is 0.192 e. The van der Waals surface area contributed by atoms with Crippen LogP contribution in [0.3, 0.4) is 0 Å². The molecule has 0 unspecified atom stereocenters. The Bertz CT molecular complexity index is 1010. The minimum Gasteiger partial charge on any atom is -0.192 e. The van der Waals surface area contributed by atoms with Crippen molar-refractivity contribution in [2.75, 3.05) is 0 Å². The minimum atomic E-state index is 0.0831. The summed E-state index contributed by atoms with van der Waals surface area (Å²) in [6.45, 7) is 4.80. The summed E-state index contributed by atoms with van der Waals surface area (Å²) in [5.74, 6) is 1.18. The number of hydrogen-bond acceptors (Lipinski definition) is 2. The monoisotopic (exact) mass is 336 g/mol. The van der Waals surface area contributed by atoms with Crippen LogP contribution in [0.15, 0.2) is 60.7 Å². The maximum Gasteiger partial charge on any atom is 0.0991 e. The molecule has 0 spiro atoms. The van der Waals surface area contributed by atoms with E-state index in [1.165, 1.54) is 11.1 Å². The first-order valence-electron chi connectivity index (χ1n) is 9.23. The molecule has 2 aromatic carbocycles. The van der Waals surface area contributed by atoms with Gasteiger partial charge in [-0.05, 0) is 59.1 Å². The molecule has 0 aromatic heterocycles. The quantitative estimate of drug-likeness (QED) is 0.736. The number of rotatable bonds is 2. The maximum atomic E-state index is 9.16. The van der Waals surface area contributed by atoms with Crippen molar-refractivity contribution in [3.63, 3.8) is 0 Å². The predicted molar refractivity (Wildman–Crippen MR) is 100 cm³/mol. The van der Waals surface area contributed by atoms with E-state index in [1.807, 2.05) is 24.3 Å². The Hall–Kier alpha value is -2.84. The van der Waals surface area contributed by atoms with E-state index in [2.05, 4.69) is 62.4 Å². The SMILES string of the molecule is CC1(C)[C@]2(c3ccc(C#N)cc3)[C@H]3CC=C[C@H]3[C@]12c1ccc(C#N)cc1. The van der Waals surface area contributed by atoms with E-state index in [0.717, 1.165) is 6.42 Å². The van der Waals surface area contributed by atoms with Crippen molar-refractivity contribution in [2.24, 2.45) is 17.3 Å². The normalized spacial score (nSPS) is 34.8. The van der Waals surface area contributed by atoms with Crippen molar-refractivity contribution in [3.8, 4) is 12.1 Å². The lowest BCUT2D eigenvalue weighted by molar-refractivity contribution is 0.145. The lowest BCUT2D eigenvalue weighted by atomic mass is 9.54. The van der Waals surface area contributed by atoms with Crippen molar-refractivity contribution < 1.29 is 0 Å². The van der Waals surface area contributed by atoms with Crippen LogP contribution >= 0.6 is 0 Å². The Morgan fingerprint density at radius 3 is 1.81 bits per heavy atom. The summed E-state index contributed by atoms with van der Waals surface area (Å²) in [7, 11) is 0. The van der Waals surface area contributed by atoms with Crippen LogP contribution in [0.4, 0.5) is 0 Å². The van der Waals surface area contributed by atoms with Gasteiger partial charge in [0.05, 0.1) is 23.3 Å². The molecule has 5 rings (SSSR count). The fourth-order valence-electron chi connectivity index (χ4n) is 7.03. The molecule has 0 N–H and O–H groups in total. The fourth-order valence-corrected chi connectivity index (χ4v) is 7.03. The van der Waals surface area contributed by atoms with Crippen LogP contribution in [-0.2, 0) is 10.8 Å². The average Bonchev–Trinajstić information content (AvgIpc) is 2.90. The smallest absolute Gasteiger partial charge is 0.0991 e. The summed E-state index contributed by atoms with van der Waals surface area (Å²) >= 11 is 0. The van der Waals surface area contributed by atoms with E-state index < -0.39 is 0 Å². The molecule has 3 aliphatic rings. The van der Waals surface area contributed by atoms with Crippen molar-refractivity contribution in [1.82, 2.24) is 0 Å². The molecule has 2 heteroatoms. The summed E-state index contributed by atoms with van der Waals surface area (Å²) in [4.78, 5) is 0. The molecule has 2 fully saturated rings. The van der Waals surface area contributed by atoms with Crippen LogP contribution in [0, 0.1) is 39.9 Å². The Morgan fingerprint density at radius 2 is 1.31 bits per heavy atom. The molecular weight excluding hydrogens is 316 g/mol. The molecule has 3 aliphatic carbocycles. The highest BCUT2D eigenvalue weighted by molar-refractivity contribution is 5.66. The fraction of sp³-hybridized carbons (Fsp3) is 0.333. The highest BCUT2D eigenvalue weighted by Gasteiger charge is 2.95. The third kappa shape index (κ3) is 1.34. The van der Waals surface area contributed by atoms with Gasteiger partial charge in [0.1, 0.15) is 0 Å². The van der Waals surface area contributed by atoms with Gasteiger partial charge in [-0.3, -0.25) is 0 Å². The van der Waals surface area contributed by atoms with Crippen LogP contribution in [0.2, 0.25) is 0 Å². The lowest BCUT2D eigenvalue weighted by Gasteiger charge is -2.48. The summed E-state index contributed by atoms with van der Waals surface area (Å²) in [6.07, 6.45) is 5.89. The van der Waals surface area contributed by atoms with E-state index in [4.69, 9.17) is 10.5 Å². The van der Waals surface area contributed by atoms with Gasteiger partial charge >= 0.3 is 0 Å². The number of hydrogen-bond donors (Lipinski definition) is 0. The zero-order valence-electron chi connectivity index (χ0n) is 15.0. The Labute approximate surface area is 154 Å². The summed E-state index contributed by atoms with van der Waals surface area (Å²) < 4.78 is 0. The Morgan fingerprint density at radius 1 is 0.808 bits per heavy atom. The van der Waals surface area contributed by atoms with Crippen LogP contribution in [0.5, 0.6) is 0 Å². The van der Waals surface area contributed by atoms with Gasteiger partial charge in [0.25, 0.3) is 0 Å². The molecule has 0 aliphatic heterocycles. The third-order valence-electron chi connectivity index (χ3n) is 7.69. The molecule has 126 valence electrons. The second-order valence-electron chi connectivity index (χ2n) is 8.42. The Balaban J connectivity index is 1.71. The zero-order valence-corrected chi connectivity index (χ0v) is 15.0. The van der Waals surface area contributed by atoms with Crippen molar-refractivity contribution in [2.45, 2.75) is 31.1 Å². The van der Waals surface area contributed by atoms with Gasteiger partial charge in [-0.1, -0.05) is 50.3 Å². The molecule has 2 nitrogen and oxygen atoms in total. The third-order valence-corrected chi connectivity index (χ3v) is 7.69. The molecule has 2 aromatic rings. The van der Waals surface area contributed by atoms with Gasteiger partial charge in [0, 0.05) is 10.8 Å². The standard InChI is InChI=1S/C24H20N2/c1-22(2)23(18-10-6-16(14-25)7-11-18)20-4-3-5-21(20)24(22,23)19-12-8-17(15-26)9-13-19/h3-4,6-13,20-21H,5H2,1-2H3/t20-,21+,23-,24+/m1/s1. The lowest BCUT2D eigenvalue weighted by Crippen LogP contribution is -2.49. The van der Waals surface area contributed by atoms with Crippen LogP contribution < -0.4 is 0 Å². The molecule has 0 saturated heterocycles. The molecular formula is C24H20N2. The van der Waals surface area contributed by atoms with Crippen LogP contribution in [0.1, 0.15) is 42.5 Å².